The van der Waals surface area contributed by atoms with E-state index in [0.717, 1.165) is 35.5 Å². The third-order valence-electron chi connectivity index (χ3n) is 3.21. The number of nitrogens with zero attached hydrogens (tertiary/aromatic N) is 2. The van der Waals surface area contributed by atoms with Gasteiger partial charge in [-0.1, -0.05) is 27.5 Å². The first-order chi connectivity index (χ1) is 9.72. The molecule has 0 unspecified atom stereocenters. The molecule has 20 heavy (non-hydrogen) atoms. The fourth-order valence-corrected chi connectivity index (χ4v) is 2.71. The van der Waals surface area contributed by atoms with Crippen LogP contribution >= 0.6 is 27.5 Å². The van der Waals surface area contributed by atoms with Crippen LogP contribution in [0.1, 0.15) is 25.2 Å². The summed E-state index contributed by atoms with van der Waals surface area (Å²) in [5.74, 6) is 1.14. The molecule has 106 valence electrons. The van der Waals surface area contributed by atoms with Gasteiger partial charge in [0, 0.05) is 16.9 Å². The Hall–Kier alpha value is -0.910. The number of rotatable bonds is 6. The molecule has 1 aromatic carbocycles. The third-order valence-corrected chi connectivity index (χ3v) is 4.01. The second-order valence-corrected chi connectivity index (χ2v) is 6.28. The van der Waals surface area contributed by atoms with Crippen LogP contribution in [0.25, 0.3) is 11.5 Å². The molecular formula is C14H15BrClN3O. The van der Waals surface area contributed by atoms with E-state index in [1.807, 2.05) is 18.2 Å². The Labute approximate surface area is 131 Å². The maximum atomic E-state index is 6.17. The van der Waals surface area contributed by atoms with E-state index >= 15 is 0 Å². The SMILES string of the molecule is Clc1cc(Br)ccc1-c1nnc(CCCNC2CC2)o1. The molecule has 2 aromatic rings. The lowest BCUT2D eigenvalue weighted by Gasteiger charge is -2.00. The van der Waals surface area contributed by atoms with Crippen LogP contribution < -0.4 is 5.32 Å². The van der Waals surface area contributed by atoms with Crippen LogP contribution in [-0.2, 0) is 6.42 Å². The van der Waals surface area contributed by atoms with Gasteiger partial charge in [-0.25, -0.2) is 0 Å². The minimum absolute atomic E-state index is 0.479. The van der Waals surface area contributed by atoms with E-state index in [-0.39, 0.29) is 0 Å². The van der Waals surface area contributed by atoms with E-state index in [2.05, 4.69) is 31.4 Å². The molecule has 1 heterocycles. The summed E-state index contributed by atoms with van der Waals surface area (Å²) in [4.78, 5) is 0. The summed E-state index contributed by atoms with van der Waals surface area (Å²) in [6.45, 7) is 1.00. The van der Waals surface area contributed by atoms with Gasteiger partial charge in [0.25, 0.3) is 0 Å². The fourth-order valence-electron chi connectivity index (χ4n) is 1.96. The van der Waals surface area contributed by atoms with E-state index < -0.39 is 0 Å². The Balaban J connectivity index is 1.60. The largest absolute Gasteiger partial charge is 0.421 e. The fraction of sp³-hybridized carbons (Fsp3) is 0.429. The van der Waals surface area contributed by atoms with Crippen molar-refractivity contribution in [3.05, 3.63) is 33.6 Å². The lowest BCUT2D eigenvalue weighted by atomic mass is 10.2. The van der Waals surface area contributed by atoms with E-state index in [4.69, 9.17) is 16.0 Å². The van der Waals surface area contributed by atoms with Gasteiger partial charge in [0.1, 0.15) is 0 Å². The molecule has 0 amide bonds. The molecule has 3 rings (SSSR count). The summed E-state index contributed by atoms with van der Waals surface area (Å²) in [6, 6.07) is 6.35. The summed E-state index contributed by atoms with van der Waals surface area (Å²) < 4.78 is 6.59. The van der Waals surface area contributed by atoms with Gasteiger partial charge >= 0.3 is 0 Å². The zero-order valence-corrected chi connectivity index (χ0v) is 13.2. The van der Waals surface area contributed by atoms with Crippen molar-refractivity contribution in [2.45, 2.75) is 31.7 Å². The topological polar surface area (TPSA) is 51.0 Å². The molecular weight excluding hydrogens is 342 g/mol. The molecule has 6 heteroatoms. The molecule has 0 radical (unpaired) electrons. The molecule has 0 bridgehead atoms. The van der Waals surface area contributed by atoms with E-state index in [1.165, 1.54) is 12.8 Å². The highest BCUT2D eigenvalue weighted by Crippen LogP contribution is 2.29. The first-order valence-electron chi connectivity index (χ1n) is 6.73. The van der Waals surface area contributed by atoms with Gasteiger partial charge in [-0.2, -0.15) is 0 Å². The highest BCUT2D eigenvalue weighted by molar-refractivity contribution is 9.10. The average molecular weight is 357 g/mol. The number of aromatic nitrogens is 2. The number of halogens is 2. The summed E-state index contributed by atoms with van der Waals surface area (Å²) in [5.41, 5.74) is 0.768. The Morgan fingerprint density at radius 3 is 2.95 bits per heavy atom. The predicted molar refractivity (Wildman–Crippen MR) is 81.8 cm³/mol. The second-order valence-electron chi connectivity index (χ2n) is 4.96. The maximum absolute atomic E-state index is 6.17. The third kappa shape index (κ3) is 3.59. The van der Waals surface area contributed by atoms with Crippen molar-refractivity contribution >= 4 is 27.5 Å². The smallest absolute Gasteiger partial charge is 0.249 e. The molecule has 4 nitrogen and oxygen atoms in total. The molecule has 1 saturated carbocycles. The molecule has 1 aliphatic carbocycles. The number of hydrogen-bond acceptors (Lipinski definition) is 4. The van der Waals surface area contributed by atoms with Crippen LogP contribution in [0.4, 0.5) is 0 Å². The van der Waals surface area contributed by atoms with Gasteiger partial charge in [0.05, 0.1) is 10.6 Å². The van der Waals surface area contributed by atoms with Crippen LogP contribution in [0, 0.1) is 0 Å². The number of benzene rings is 1. The zero-order chi connectivity index (χ0) is 13.9. The Morgan fingerprint density at radius 1 is 1.35 bits per heavy atom. The van der Waals surface area contributed by atoms with Crippen molar-refractivity contribution in [3.8, 4) is 11.5 Å². The summed E-state index contributed by atoms with van der Waals surface area (Å²) in [5, 5.41) is 12.2. The minimum Gasteiger partial charge on any atom is -0.421 e. The predicted octanol–water partition coefficient (Wildman–Crippen LogP) is 3.84. The molecule has 0 spiro atoms. The van der Waals surface area contributed by atoms with Gasteiger partial charge in [-0.3, -0.25) is 0 Å². The van der Waals surface area contributed by atoms with E-state index in [0.29, 0.717) is 16.8 Å². The lowest BCUT2D eigenvalue weighted by Crippen LogP contribution is -2.17. The van der Waals surface area contributed by atoms with Gasteiger partial charge < -0.3 is 9.73 Å². The van der Waals surface area contributed by atoms with E-state index in [9.17, 15) is 0 Å². The van der Waals surface area contributed by atoms with Crippen molar-refractivity contribution in [2.24, 2.45) is 0 Å². The van der Waals surface area contributed by atoms with Gasteiger partial charge in [0.15, 0.2) is 0 Å². The molecule has 1 fully saturated rings. The zero-order valence-electron chi connectivity index (χ0n) is 10.9. The Kier molecular flexibility index (Phi) is 4.38. The van der Waals surface area contributed by atoms with Crippen molar-refractivity contribution in [1.29, 1.82) is 0 Å². The first kappa shape index (κ1) is 14.0. The van der Waals surface area contributed by atoms with Crippen LogP contribution in [-0.4, -0.2) is 22.8 Å². The van der Waals surface area contributed by atoms with E-state index in [1.54, 1.807) is 0 Å². The summed E-state index contributed by atoms with van der Waals surface area (Å²) in [6.07, 6.45) is 4.42. The monoisotopic (exact) mass is 355 g/mol. The molecule has 0 saturated heterocycles. The van der Waals surface area contributed by atoms with Crippen molar-refractivity contribution < 1.29 is 4.42 Å². The summed E-state index contributed by atoms with van der Waals surface area (Å²) in [7, 11) is 0. The average Bonchev–Trinajstić information content (AvgIpc) is 3.13. The minimum atomic E-state index is 0.479. The first-order valence-corrected chi connectivity index (χ1v) is 7.90. The second kappa shape index (κ2) is 6.24. The van der Waals surface area contributed by atoms with Crippen molar-refractivity contribution in [2.75, 3.05) is 6.54 Å². The van der Waals surface area contributed by atoms with Gasteiger partial charge in [0.2, 0.25) is 11.8 Å². The Morgan fingerprint density at radius 2 is 2.20 bits per heavy atom. The Bertz CT molecular complexity index is 598. The molecule has 1 aliphatic rings. The van der Waals surface area contributed by atoms with Crippen molar-refractivity contribution in [1.82, 2.24) is 15.5 Å². The standard InChI is InChI=1S/C14H15BrClN3O/c15-9-3-6-11(12(16)8-9)14-19-18-13(20-14)2-1-7-17-10-4-5-10/h3,6,8,10,17H,1-2,4-5,7H2. The maximum Gasteiger partial charge on any atom is 0.249 e. The molecule has 0 aliphatic heterocycles. The van der Waals surface area contributed by atoms with Gasteiger partial charge in [-0.05, 0) is 44.0 Å². The van der Waals surface area contributed by atoms with Gasteiger partial charge in [-0.15, -0.1) is 10.2 Å². The molecule has 0 atom stereocenters. The van der Waals surface area contributed by atoms with Crippen LogP contribution in [0.3, 0.4) is 0 Å². The van der Waals surface area contributed by atoms with Crippen LogP contribution in [0.15, 0.2) is 27.1 Å². The quantitative estimate of drug-likeness (QED) is 0.799. The number of hydrogen-bond donors (Lipinski definition) is 1. The van der Waals surface area contributed by atoms with Crippen molar-refractivity contribution in [3.63, 3.8) is 0 Å². The lowest BCUT2D eigenvalue weighted by molar-refractivity contribution is 0.491. The normalized spacial score (nSPS) is 14.7. The van der Waals surface area contributed by atoms with Crippen LogP contribution in [0.2, 0.25) is 5.02 Å². The molecule has 1 N–H and O–H groups in total. The number of nitrogens with one attached hydrogen (secondary N) is 1. The number of aryl methyl sites for hydroxylation is 1. The van der Waals surface area contributed by atoms with Crippen LogP contribution in [0.5, 0.6) is 0 Å². The highest BCUT2D eigenvalue weighted by Gasteiger charge is 2.19. The highest BCUT2D eigenvalue weighted by atomic mass is 79.9. The summed E-state index contributed by atoms with van der Waals surface area (Å²) >= 11 is 9.55. The molecule has 1 aromatic heterocycles.